The lowest BCUT2D eigenvalue weighted by atomic mass is 10.3. The maximum atomic E-state index is 5.91. The zero-order chi connectivity index (χ0) is 13.9. The van der Waals surface area contributed by atoms with Crippen LogP contribution in [0, 0.1) is 0 Å². The fourth-order valence-corrected chi connectivity index (χ4v) is 1.82. The van der Waals surface area contributed by atoms with Gasteiger partial charge < -0.3 is 15.8 Å². The number of aromatic nitrogens is 3. The number of ether oxygens (including phenoxy) is 1. The summed E-state index contributed by atoms with van der Waals surface area (Å²) in [6.45, 7) is 0. The number of methoxy groups -OCH3 is 1. The summed E-state index contributed by atoms with van der Waals surface area (Å²) < 4.78 is 5.01. The Balaban J connectivity index is 1.94. The van der Waals surface area contributed by atoms with Gasteiger partial charge in [-0.2, -0.15) is 0 Å². The lowest BCUT2D eigenvalue weighted by Gasteiger charge is -2.09. The number of hydrogen-bond donors (Lipinski definition) is 2. The van der Waals surface area contributed by atoms with E-state index in [1.54, 1.807) is 19.4 Å². The van der Waals surface area contributed by atoms with Crippen molar-refractivity contribution in [2.24, 2.45) is 0 Å². The third-order valence-corrected chi connectivity index (χ3v) is 2.81. The summed E-state index contributed by atoms with van der Waals surface area (Å²) in [6.07, 6.45) is 1.65. The zero-order valence-electron chi connectivity index (χ0n) is 10.9. The first-order valence-electron chi connectivity index (χ1n) is 6.05. The molecule has 3 aromatic rings. The van der Waals surface area contributed by atoms with Crippen LogP contribution in [0.2, 0.25) is 0 Å². The van der Waals surface area contributed by atoms with E-state index in [0.717, 1.165) is 16.7 Å². The van der Waals surface area contributed by atoms with Gasteiger partial charge in [-0.3, -0.25) is 0 Å². The van der Waals surface area contributed by atoms with Crippen LogP contribution >= 0.6 is 0 Å². The second-order valence-electron chi connectivity index (χ2n) is 4.16. The minimum atomic E-state index is 0.347. The van der Waals surface area contributed by atoms with Crippen LogP contribution in [-0.4, -0.2) is 22.1 Å². The van der Waals surface area contributed by atoms with Gasteiger partial charge in [-0.15, -0.1) is 0 Å². The molecule has 0 aliphatic heterocycles. The highest BCUT2D eigenvalue weighted by atomic mass is 16.5. The van der Waals surface area contributed by atoms with Crippen LogP contribution in [0.4, 0.5) is 17.3 Å². The average Bonchev–Trinajstić information content (AvgIpc) is 2.49. The molecule has 0 aliphatic rings. The Kier molecular flexibility index (Phi) is 3.04. The van der Waals surface area contributed by atoms with Crippen LogP contribution in [0.25, 0.3) is 11.0 Å². The average molecular weight is 267 g/mol. The summed E-state index contributed by atoms with van der Waals surface area (Å²) in [5.41, 5.74) is 8.23. The van der Waals surface area contributed by atoms with Crippen molar-refractivity contribution < 1.29 is 4.74 Å². The smallest absolute Gasteiger partial charge is 0.213 e. The Bertz CT molecular complexity index is 742. The predicted molar refractivity (Wildman–Crippen MR) is 78.0 cm³/mol. The second kappa shape index (κ2) is 5.00. The molecule has 6 heteroatoms. The fraction of sp³-hybridized carbons (Fsp3) is 0.0714. The van der Waals surface area contributed by atoms with Crippen LogP contribution < -0.4 is 15.8 Å². The van der Waals surface area contributed by atoms with Crippen molar-refractivity contribution in [3.05, 3.63) is 42.6 Å². The molecule has 2 heterocycles. The van der Waals surface area contributed by atoms with Crippen molar-refractivity contribution in [1.29, 1.82) is 0 Å². The molecule has 0 saturated heterocycles. The molecule has 0 bridgehead atoms. The number of rotatable bonds is 3. The monoisotopic (exact) mass is 267 g/mol. The first-order valence-corrected chi connectivity index (χ1v) is 6.05. The van der Waals surface area contributed by atoms with Gasteiger partial charge in [-0.25, -0.2) is 15.0 Å². The molecule has 2 aromatic heterocycles. The molecule has 3 N–H and O–H groups in total. The predicted octanol–water partition coefficient (Wildman–Crippen LogP) is 2.36. The fourth-order valence-electron chi connectivity index (χ4n) is 1.82. The molecule has 6 nitrogen and oxygen atoms in total. The van der Waals surface area contributed by atoms with Gasteiger partial charge >= 0.3 is 0 Å². The van der Waals surface area contributed by atoms with E-state index >= 15 is 0 Å². The maximum Gasteiger partial charge on any atom is 0.213 e. The second-order valence-corrected chi connectivity index (χ2v) is 4.16. The van der Waals surface area contributed by atoms with E-state index in [-0.39, 0.29) is 0 Å². The topological polar surface area (TPSA) is 86.0 Å². The normalized spacial score (nSPS) is 10.4. The van der Waals surface area contributed by atoms with E-state index in [0.29, 0.717) is 17.5 Å². The Morgan fingerprint density at radius 1 is 1.05 bits per heavy atom. The van der Waals surface area contributed by atoms with Gasteiger partial charge in [0, 0.05) is 6.07 Å². The summed E-state index contributed by atoms with van der Waals surface area (Å²) in [6, 6.07) is 11.2. The molecule has 0 spiro atoms. The SMILES string of the molecule is COc1ccc(Nc2nc3ccccc3nc2N)cn1. The Morgan fingerprint density at radius 3 is 2.45 bits per heavy atom. The molecular formula is C14H13N5O. The number of benzene rings is 1. The number of pyridine rings is 1. The molecule has 0 saturated carbocycles. The number of hydrogen-bond acceptors (Lipinski definition) is 6. The first-order chi connectivity index (χ1) is 9.76. The van der Waals surface area contributed by atoms with Crippen molar-refractivity contribution in [2.45, 2.75) is 0 Å². The van der Waals surface area contributed by atoms with Gasteiger partial charge in [0.05, 0.1) is 30.0 Å². The molecule has 0 fully saturated rings. The lowest BCUT2D eigenvalue weighted by molar-refractivity contribution is 0.398. The van der Waals surface area contributed by atoms with Crippen LogP contribution in [0.1, 0.15) is 0 Å². The Hall–Kier alpha value is -2.89. The quantitative estimate of drug-likeness (QED) is 0.757. The van der Waals surface area contributed by atoms with Crippen molar-refractivity contribution >= 4 is 28.4 Å². The molecule has 3 rings (SSSR count). The van der Waals surface area contributed by atoms with Crippen molar-refractivity contribution in [3.63, 3.8) is 0 Å². The highest BCUT2D eigenvalue weighted by molar-refractivity contribution is 5.80. The molecule has 100 valence electrons. The van der Waals surface area contributed by atoms with Gasteiger partial charge in [0.2, 0.25) is 5.88 Å². The molecule has 0 aliphatic carbocycles. The molecule has 20 heavy (non-hydrogen) atoms. The number of nitrogens with one attached hydrogen (secondary N) is 1. The van der Waals surface area contributed by atoms with E-state index < -0.39 is 0 Å². The van der Waals surface area contributed by atoms with Gasteiger partial charge in [-0.1, -0.05) is 12.1 Å². The highest BCUT2D eigenvalue weighted by Crippen LogP contribution is 2.22. The number of nitrogen functional groups attached to an aromatic ring is 1. The van der Waals surface area contributed by atoms with Crippen LogP contribution in [0.3, 0.4) is 0 Å². The van der Waals surface area contributed by atoms with E-state index in [1.807, 2.05) is 30.3 Å². The Labute approximate surface area is 115 Å². The first kappa shape index (κ1) is 12.2. The maximum absolute atomic E-state index is 5.91. The van der Waals surface area contributed by atoms with E-state index in [9.17, 15) is 0 Å². The van der Waals surface area contributed by atoms with E-state index in [1.165, 1.54) is 0 Å². The summed E-state index contributed by atoms with van der Waals surface area (Å²) in [4.78, 5) is 12.9. The Morgan fingerprint density at radius 2 is 1.80 bits per heavy atom. The summed E-state index contributed by atoms with van der Waals surface area (Å²) >= 11 is 0. The summed E-state index contributed by atoms with van der Waals surface area (Å²) in [5.74, 6) is 1.41. The third kappa shape index (κ3) is 2.31. The number of nitrogens with zero attached hydrogens (tertiary/aromatic N) is 3. The zero-order valence-corrected chi connectivity index (χ0v) is 10.9. The van der Waals surface area contributed by atoms with Crippen LogP contribution in [-0.2, 0) is 0 Å². The number of para-hydroxylation sites is 2. The number of anilines is 3. The van der Waals surface area contributed by atoms with Crippen molar-refractivity contribution in [2.75, 3.05) is 18.2 Å². The van der Waals surface area contributed by atoms with E-state index in [4.69, 9.17) is 10.5 Å². The lowest BCUT2D eigenvalue weighted by Crippen LogP contribution is -2.02. The van der Waals surface area contributed by atoms with Crippen molar-refractivity contribution in [3.8, 4) is 5.88 Å². The summed E-state index contributed by atoms with van der Waals surface area (Å²) in [5, 5.41) is 3.10. The highest BCUT2D eigenvalue weighted by Gasteiger charge is 2.06. The van der Waals surface area contributed by atoms with Gasteiger partial charge in [0.25, 0.3) is 0 Å². The number of nitrogens with two attached hydrogens (primary N) is 1. The standard InChI is InChI=1S/C14H13N5O/c1-20-12-7-6-9(8-16-12)17-14-13(15)18-10-4-2-3-5-11(10)19-14/h2-8H,1H3,(H2,15,18)(H,17,19). The van der Waals surface area contributed by atoms with Gasteiger partial charge in [-0.05, 0) is 18.2 Å². The third-order valence-electron chi connectivity index (χ3n) is 2.81. The molecular weight excluding hydrogens is 254 g/mol. The molecule has 0 atom stereocenters. The summed E-state index contributed by atoms with van der Waals surface area (Å²) in [7, 11) is 1.57. The van der Waals surface area contributed by atoms with E-state index in [2.05, 4.69) is 20.3 Å². The minimum Gasteiger partial charge on any atom is -0.481 e. The molecule has 0 radical (unpaired) electrons. The molecule has 1 aromatic carbocycles. The molecule has 0 amide bonds. The number of fused-ring (bicyclic) bond motifs is 1. The molecule has 0 unspecified atom stereocenters. The van der Waals surface area contributed by atoms with Crippen LogP contribution in [0.15, 0.2) is 42.6 Å². The van der Waals surface area contributed by atoms with Gasteiger partial charge in [0.1, 0.15) is 0 Å². The van der Waals surface area contributed by atoms with Gasteiger partial charge in [0.15, 0.2) is 11.6 Å². The minimum absolute atomic E-state index is 0.347. The van der Waals surface area contributed by atoms with Crippen molar-refractivity contribution in [1.82, 2.24) is 15.0 Å². The van der Waals surface area contributed by atoms with Crippen LogP contribution in [0.5, 0.6) is 5.88 Å². The largest absolute Gasteiger partial charge is 0.481 e.